The van der Waals surface area contributed by atoms with Crippen LogP contribution in [0.25, 0.3) is 44.5 Å². The Morgan fingerprint density at radius 2 is 1.50 bits per heavy atom. The van der Waals surface area contributed by atoms with Crippen molar-refractivity contribution in [2.75, 3.05) is 0 Å². The molecule has 0 amide bonds. The van der Waals surface area contributed by atoms with E-state index in [2.05, 4.69) is 104 Å². The van der Waals surface area contributed by atoms with Crippen molar-refractivity contribution in [3.8, 4) is 22.5 Å². The third kappa shape index (κ3) is 6.95. The maximum atomic E-state index is 13.5. The van der Waals surface area contributed by atoms with Gasteiger partial charge in [0.2, 0.25) is 0 Å². The van der Waals surface area contributed by atoms with Gasteiger partial charge in [0.1, 0.15) is 11.4 Å². The van der Waals surface area contributed by atoms with E-state index in [0.29, 0.717) is 11.2 Å². The second-order valence-electron chi connectivity index (χ2n) is 12.7. The number of rotatable bonds is 5. The Morgan fingerprint density at radius 3 is 2.20 bits per heavy atom. The molecule has 0 bridgehead atoms. The molecule has 0 saturated carbocycles. The van der Waals surface area contributed by atoms with E-state index in [1.54, 1.807) is 6.07 Å². The van der Waals surface area contributed by atoms with Gasteiger partial charge in [0, 0.05) is 49.4 Å². The number of aromatic nitrogens is 2. The van der Waals surface area contributed by atoms with Crippen molar-refractivity contribution < 1.29 is 28.9 Å². The van der Waals surface area contributed by atoms with Gasteiger partial charge in [-0.25, -0.2) is 4.39 Å². The molecule has 3 heterocycles. The third-order valence-electron chi connectivity index (χ3n) is 8.24. The van der Waals surface area contributed by atoms with Crippen molar-refractivity contribution in [1.82, 2.24) is 9.97 Å². The molecule has 233 valence electrons. The zero-order chi connectivity index (χ0) is 31.6. The summed E-state index contributed by atoms with van der Waals surface area (Å²) in [5.41, 5.74) is 7.40. The van der Waals surface area contributed by atoms with Crippen LogP contribution in [-0.2, 0) is 25.5 Å². The molecule has 0 N–H and O–H groups in total. The predicted molar refractivity (Wildman–Crippen MR) is 186 cm³/mol. The van der Waals surface area contributed by atoms with E-state index in [4.69, 9.17) is 4.42 Å². The fourth-order valence-corrected chi connectivity index (χ4v) is 6.47. The van der Waals surface area contributed by atoms with E-state index in [-0.39, 0.29) is 31.3 Å². The largest absolute Gasteiger partial charge is 0.500 e. The predicted octanol–water partition coefficient (Wildman–Crippen LogP) is 10.0. The number of pyridine rings is 2. The van der Waals surface area contributed by atoms with Crippen LogP contribution in [0.1, 0.15) is 25.0 Å². The van der Waals surface area contributed by atoms with Gasteiger partial charge in [0.15, 0.2) is 0 Å². The van der Waals surface area contributed by atoms with Crippen molar-refractivity contribution >= 4 is 35.2 Å². The summed E-state index contributed by atoms with van der Waals surface area (Å²) in [6.45, 7) is 11.4. The molecule has 1 radical (unpaired) electrons. The Kier molecular flexibility index (Phi) is 9.83. The van der Waals surface area contributed by atoms with Crippen LogP contribution in [0.3, 0.4) is 0 Å². The molecule has 0 spiro atoms. The quantitative estimate of drug-likeness (QED) is 0.129. The van der Waals surface area contributed by atoms with Crippen molar-refractivity contribution in [1.29, 1.82) is 0 Å². The Balaban J connectivity index is 0.000000179. The number of fused-ring (bicyclic) bond motifs is 3. The fourth-order valence-electron chi connectivity index (χ4n) is 5.43. The summed E-state index contributed by atoms with van der Waals surface area (Å²) in [5.74, 6) is -0.301. The molecular formula is C40H35FIrN2OSi-2. The molecule has 0 aliphatic rings. The Morgan fingerprint density at radius 1 is 0.717 bits per heavy atom. The second kappa shape index (κ2) is 13.6. The first-order valence-electron chi connectivity index (χ1n) is 15.1. The molecule has 7 rings (SSSR count). The van der Waals surface area contributed by atoms with E-state index in [9.17, 15) is 4.39 Å². The van der Waals surface area contributed by atoms with E-state index in [1.165, 1.54) is 28.4 Å². The van der Waals surface area contributed by atoms with Gasteiger partial charge in [0.05, 0.1) is 13.7 Å². The monoisotopic (exact) mass is 799 g/mol. The summed E-state index contributed by atoms with van der Waals surface area (Å²) in [5, 5.41) is 3.17. The first-order valence-corrected chi connectivity index (χ1v) is 18.6. The molecule has 3 aromatic heterocycles. The van der Waals surface area contributed by atoms with Gasteiger partial charge in [-0.05, 0) is 45.9 Å². The minimum absolute atomic E-state index is 0. The van der Waals surface area contributed by atoms with Crippen molar-refractivity contribution in [3.05, 3.63) is 151 Å². The maximum Gasteiger partial charge on any atom is 0.126 e. The number of hydrogen-bond donors (Lipinski definition) is 0. The van der Waals surface area contributed by atoms with Gasteiger partial charge >= 0.3 is 0 Å². The average molecular weight is 799 g/mol. The topological polar surface area (TPSA) is 38.9 Å². The normalized spacial score (nSPS) is 11.5. The van der Waals surface area contributed by atoms with Crippen LogP contribution >= 0.6 is 0 Å². The molecule has 7 aromatic rings. The summed E-state index contributed by atoms with van der Waals surface area (Å²) < 4.78 is 19.4. The van der Waals surface area contributed by atoms with Crippen LogP contribution < -0.4 is 5.19 Å². The number of hydrogen-bond acceptors (Lipinski definition) is 3. The van der Waals surface area contributed by atoms with E-state index in [1.807, 2.05) is 54.9 Å². The molecule has 0 aliphatic heterocycles. The summed E-state index contributed by atoms with van der Waals surface area (Å²) in [4.78, 5) is 9.11. The smallest absolute Gasteiger partial charge is 0.126 e. The SMILES string of the molecule is CC(C)(c1ccccc1)c1ccnc(-c2[c-]cccc2)c1.C[Si](C)(C)c1ccc(-c2[c-]ccc3c2oc2cc(F)ccc23)nc1.[Ir]. The Labute approximate surface area is 284 Å². The van der Waals surface area contributed by atoms with Crippen LogP contribution in [-0.4, -0.2) is 18.0 Å². The van der Waals surface area contributed by atoms with Crippen LogP contribution in [0.5, 0.6) is 0 Å². The fraction of sp³-hybridized carbons (Fsp3) is 0.150. The number of halogens is 1. The van der Waals surface area contributed by atoms with Crippen molar-refractivity contribution in [2.45, 2.75) is 38.9 Å². The molecule has 46 heavy (non-hydrogen) atoms. The van der Waals surface area contributed by atoms with Crippen LogP contribution in [0, 0.1) is 17.9 Å². The number of benzene rings is 4. The Bertz CT molecular complexity index is 2070. The standard InChI is InChI=1S/C20H17FNOSi.C20H18N.Ir/c1-24(2,3)14-8-10-18(22-12-14)17-6-4-5-16-15-9-7-13(21)11-19(15)23-20(16)17;1-20(2,17-11-7-4-8-12-17)18-13-14-21-19(15-18)16-9-5-3-6-10-16;/h4-5,7-12H,1-3H3;3-9,11-15H,1-2H3;/q2*-1;. The maximum absolute atomic E-state index is 13.5. The van der Waals surface area contributed by atoms with Crippen LogP contribution in [0.2, 0.25) is 19.6 Å². The second-order valence-corrected chi connectivity index (χ2v) is 17.8. The van der Waals surface area contributed by atoms with Crippen LogP contribution in [0.15, 0.2) is 126 Å². The summed E-state index contributed by atoms with van der Waals surface area (Å²) in [7, 11) is -1.38. The zero-order valence-electron chi connectivity index (χ0n) is 26.6. The van der Waals surface area contributed by atoms with Crippen LogP contribution in [0.4, 0.5) is 4.39 Å². The molecule has 0 unspecified atom stereocenters. The van der Waals surface area contributed by atoms with Crippen molar-refractivity contribution in [3.63, 3.8) is 0 Å². The van der Waals surface area contributed by atoms with Gasteiger partial charge in [-0.2, -0.15) is 0 Å². The molecule has 3 nitrogen and oxygen atoms in total. The zero-order valence-corrected chi connectivity index (χ0v) is 30.0. The molecule has 0 atom stereocenters. The third-order valence-corrected chi connectivity index (χ3v) is 10.3. The number of nitrogens with zero attached hydrogens (tertiary/aromatic N) is 2. The Hall–Kier alpha value is -4.22. The van der Waals surface area contributed by atoms with E-state index in [0.717, 1.165) is 33.3 Å². The molecule has 0 saturated heterocycles. The first kappa shape index (κ1) is 33.1. The van der Waals surface area contributed by atoms with Gasteiger partial charge in [-0.1, -0.05) is 93.0 Å². The molecule has 0 aliphatic carbocycles. The number of furan rings is 1. The average Bonchev–Trinajstić information content (AvgIpc) is 3.43. The van der Waals surface area contributed by atoms with Gasteiger partial charge < -0.3 is 14.4 Å². The van der Waals surface area contributed by atoms with Gasteiger partial charge in [-0.15, -0.1) is 54.1 Å². The summed E-state index contributed by atoms with van der Waals surface area (Å²) in [6.07, 6.45) is 3.84. The van der Waals surface area contributed by atoms with Gasteiger partial charge in [-0.3, -0.25) is 0 Å². The van der Waals surface area contributed by atoms with E-state index < -0.39 is 8.07 Å². The molecule has 4 aromatic carbocycles. The first-order chi connectivity index (χ1) is 21.6. The minimum Gasteiger partial charge on any atom is -0.500 e. The molecule has 0 fully saturated rings. The molecular weight excluding hydrogens is 764 g/mol. The van der Waals surface area contributed by atoms with Crippen molar-refractivity contribution in [2.24, 2.45) is 0 Å². The summed E-state index contributed by atoms with van der Waals surface area (Å²) >= 11 is 0. The van der Waals surface area contributed by atoms with Gasteiger partial charge in [0.25, 0.3) is 0 Å². The minimum atomic E-state index is -1.38. The van der Waals surface area contributed by atoms with E-state index >= 15 is 0 Å². The summed E-state index contributed by atoms with van der Waals surface area (Å²) in [6, 6.07) is 41.9. The molecule has 6 heteroatoms.